The van der Waals surface area contributed by atoms with Gasteiger partial charge in [-0.1, -0.05) is 43.0 Å². The van der Waals surface area contributed by atoms with Crippen LogP contribution < -0.4 is 10.6 Å². The largest absolute Gasteiger partial charge is 0.346 e. The fraction of sp³-hybridized carbons (Fsp3) is 0.524. The molecular weight excluding hydrogens is 360 g/mol. The fourth-order valence-corrected chi connectivity index (χ4v) is 4.80. The van der Waals surface area contributed by atoms with Gasteiger partial charge in [0.15, 0.2) is 0 Å². The van der Waals surface area contributed by atoms with Crippen molar-refractivity contribution in [2.45, 2.75) is 43.6 Å². The zero-order chi connectivity index (χ0) is 18.9. The van der Waals surface area contributed by atoms with Crippen molar-refractivity contribution in [3.05, 3.63) is 52.8 Å². The molecule has 1 aliphatic heterocycles. The van der Waals surface area contributed by atoms with E-state index in [4.69, 9.17) is 11.6 Å². The van der Waals surface area contributed by atoms with Gasteiger partial charge in [-0.15, -0.1) is 0 Å². The molecule has 0 bridgehead atoms. The molecule has 2 aromatic rings. The van der Waals surface area contributed by atoms with Crippen LogP contribution in [0.3, 0.4) is 0 Å². The molecule has 0 spiro atoms. The van der Waals surface area contributed by atoms with Crippen molar-refractivity contribution in [2.75, 3.05) is 13.1 Å². The number of halogens is 1. The minimum absolute atomic E-state index is 0.0692. The highest BCUT2D eigenvalue weighted by Crippen LogP contribution is 2.39. The van der Waals surface area contributed by atoms with Gasteiger partial charge < -0.3 is 10.6 Å². The third kappa shape index (κ3) is 3.76. The maximum Gasteiger partial charge on any atom is 0.225 e. The molecule has 1 saturated carbocycles. The maximum absolute atomic E-state index is 13.3. The van der Waals surface area contributed by atoms with Crippen molar-refractivity contribution in [2.24, 2.45) is 13.0 Å². The van der Waals surface area contributed by atoms with Crippen LogP contribution in [0.2, 0.25) is 5.02 Å². The number of carbonyl (C=O) groups excluding carboxylic acids is 1. The van der Waals surface area contributed by atoms with Crippen molar-refractivity contribution in [3.8, 4) is 0 Å². The van der Waals surface area contributed by atoms with Crippen LogP contribution in [0, 0.1) is 5.92 Å². The van der Waals surface area contributed by atoms with Crippen molar-refractivity contribution in [1.29, 1.82) is 0 Å². The molecule has 0 unspecified atom stereocenters. The summed E-state index contributed by atoms with van der Waals surface area (Å²) in [6.45, 7) is 1.53. The number of hydrogen-bond donors (Lipinski definition) is 2. The molecule has 1 aromatic carbocycles. The summed E-state index contributed by atoms with van der Waals surface area (Å²) in [4.78, 5) is 13.3. The number of aryl methyl sites for hydroxylation is 1. The van der Waals surface area contributed by atoms with Crippen molar-refractivity contribution in [1.82, 2.24) is 20.4 Å². The lowest BCUT2D eigenvalue weighted by molar-refractivity contribution is -0.127. The van der Waals surface area contributed by atoms with Gasteiger partial charge in [0.2, 0.25) is 5.91 Å². The molecule has 1 aliphatic carbocycles. The predicted molar refractivity (Wildman–Crippen MR) is 107 cm³/mol. The molecule has 1 saturated heterocycles. The van der Waals surface area contributed by atoms with Gasteiger partial charge in [-0.2, -0.15) is 5.10 Å². The van der Waals surface area contributed by atoms with Gasteiger partial charge in [0.25, 0.3) is 0 Å². The minimum atomic E-state index is -0.276. The Morgan fingerprint density at radius 3 is 2.63 bits per heavy atom. The highest BCUT2D eigenvalue weighted by molar-refractivity contribution is 6.30. The Bertz CT molecular complexity index is 795. The Labute approximate surface area is 165 Å². The molecule has 2 aliphatic rings. The Kier molecular flexibility index (Phi) is 5.24. The minimum Gasteiger partial charge on any atom is -0.346 e. The van der Waals surface area contributed by atoms with Gasteiger partial charge >= 0.3 is 0 Å². The van der Waals surface area contributed by atoms with Crippen LogP contribution in [-0.4, -0.2) is 28.8 Å². The first kappa shape index (κ1) is 18.5. The number of rotatable bonds is 4. The second-order valence-electron chi connectivity index (χ2n) is 7.96. The van der Waals surface area contributed by atoms with E-state index in [2.05, 4.69) is 27.9 Å². The van der Waals surface area contributed by atoms with E-state index in [1.807, 2.05) is 31.6 Å². The molecule has 1 aromatic heterocycles. The third-order valence-corrected chi connectivity index (χ3v) is 6.42. The first-order chi connectivity index (χ1) is 13.1. The van der Waals surface area contributed by atoms with Crippen molar-refractivity contribution >= 4 is 17.5 Å². The zero-order valence-corrected chi connectivity index (χ0v) is 16.5. The van der Waals surface area contributed by atoms with E-state index in [-0.39, 0.29) is 23.3 Å². The Morgan fingerprint density at radius 1 is 1.22 bits per heavy atom. The van der Waals surface area contributed by atoms with E-state index < -0.39 is 0 Å². The average molecular weight is 387 g/mol. The molecule has 2 N–H and O–H groups in total. The second-order valence-corrected chi connectivity index (χ2v) is 8.39. The Balaban J connectivity index is 1.57. The molecule has 1 amide bonds. The summed E-state index contributed by atoms with van der Waals surface area (Å²) < 4.78 is 1.80. The summed E-state index contributed by atoms with van der Waals surface area (Å²) in [6.07, 6.45) is 9.38. The molecule has 4 rings (SSSR count). The van der Waals surface area contributed by atoms with E-state index in [1.165, 1.54) is 12.0 Å². The van der Waals surface area contributed by atoms with Gasteiger partial charge in [-0.3, -0.25) is 9.48 Å². The first-order valence-corrected chi connectivity index (χ1v) is 10.2. The van der Waals surface area contributed by atoms with Crippen LogP contribution >= 0.6 is 11.6 Å². The SMILES string of the molecule is Cn1cc([C@H]2CNC[C@@H]2C(=O)NC2(c3ccc(Cl)cc3)CCCCC2)cn1. The standard InChI is InChI=1S/C21H27ClN4O/c1-26-14-15(11-24-26)18-12-23-13-19(18)20(27)25-21(9-3-2-4-10-21)16-5-7-17(22)8-6-16/h5-8,11,14,18-19,23H,2-4,9-10,12-13H2,1H3,(H,25,27)/t18-,19+/m1/s1. The highest BCUT2D eigenvalue weighted by Gasteiger charge is 2.40. The fourth-order valence-electron chi connectivity index (χ4n) is 4.67. The molecular formula is C21H27ClN4O. The maximum atomic E-state index is 13.3. The summed E-state index contributed by atoms with van der Waals surface area (Å²) in [5.41, 5.74) is 2.03. The monoisotopic (exact) mass is 386 g/mol. The van der Waals surface area contributed by atoms with E-state index in [0.29, 0.717) is 6.54 Å². The van der Waals surface area contributed by atoms with Crippen LogP contribution in [0.15, 0.2) is 36.7 Å². The van der Waals surface area contributed by atoms with Gasteiger partial charge in [-0.25, -0.2) is 0 Å². The molecule has 2 atom stereocenters. The first-order valence-electron chi connectivity index (χ1n) is 9.85. The van der Waals surface area contributed by atoms with E-state index >= 15 is 0 Å². The smallest absolute Gasteiger partial charge is 0.225 e. The molecule has 6 heteroatoms. The lowest BCUT2D eigenvalue weighted by Crippen LogP contribution is -2.50. The number of carbonyl (C=O) groups is 1. The van der Waals surface area contributed by atoms with Crippen LogP contribution in [0.4, 0.5) is 0 Å². The molecule has 27 heavy (non-hydrogen) atoms. The lowest BCUT2D eigenvalue weighted by atomic mass is 9.76. The van der Waals surface area contributed by atoms with E-state index in [0.717, 1.165) is 42.8 Å². The topological polar surface area (TPSA) is 59.0 Å². The predicted octanol–water partition coefficient (Wildman–Crippen LogP) is 3.35. The lowest BCUT2D eigenvalue weighted by Gasteiger charge is -2.40. The summed E-state index contributed by atoms with van der Waals surface area (Å²) in [7, 11) is 1.92. The van der Waals surface area contributed by atoms with E-state index in [9.17, 15) is 4.79 Å². The van der Waals surface area contributed by atoms with Crippen LogP contribution in [0.1, 0.15) is 49.1 Å². The summed E-state index contributed by atoms with van der Waals surface area (Å²) in [5, 5.41) is 11.9. The van der Waals surface area contributed by atoms with Gasteiger partial charge in [0, 0.05) is 37.3 Å². The van der Waals surface area contributed by atoms with Gasteiger partial charge in [0.05, 0.1) is 17.7 Å². The molecule has 2 fully saturated rings. The molecule has 5 nitrogen and oxygen atoms in total. The molecule has 0 radical (unpaired) electrons. The van der Waals surface area contributed by atoms with Crippen LogP contribution in [0.5, 0.6) is 0 Å². The normalized spacial score (nSPS) is 24.7. The summed E-state index contributed by atoms with van der Waals surface area (Å²) in [6, 6.07) is 7.99. The van der Waals surface area contributed by atoms with Crippen molar-refractivity contribution in [3.63, 3.8) is 0 Å². The number of benzene rings is 1. The number of aromatic nitrogens is 2. The number of amides is 1. The number of nitrogens with zero attached hydrogens (tertiary/aromatic N) is 2. The molecule has 144 valence electrons. The van der Waals surface area contributed by atoms with Crippen LogP contribution in [-0.2, 0) is 17.4 Å². The van der Waals surface area contributed by atoms with E-state index in [1.54, 1.807) is 4.68 Å². The van der Waals surface area contributed by atoms with Crippen molar-refractivity contribution < 1.29 is 4.79 Å². The van der Waals surface area contributed by atoms with Gasteiger partial charge in [-0.05, 0) is 36.1 Å². The Hall–Kier alpha value is -1.85. The van der Waals surface area contributed by atoms with Gasteiger partial charge in [0.1, 0.15) is 0 Å². The highest BCUT2D eigenvalue weighted by atomic mass is 35.5. The zero-order valence-electron chi connectivity index (χ0n) is 15.7. The second kappa shape index (κ2) is 7.64. The number of nitrogens with one attached hydrogen (secondary N) is 2. The molecule has 2 heterocycles. The number of hydrogen-bond acceptors (Lipinski definition) is 3. The quantitative estimate of drug-likeness (QED) is 0.847. The summed E-state index contributed by atoms with van der Waals surface area (Å²) >= 11 is 6.09. The van der Waals surface area contributed by atoms with Crippen LogP contribution in [0.25, 0.3) is 0 Å². The summed E-state index contributed by atoms with van der Waals surface area (Å²) in [5.74, 6) is 0.246. The average Bonchev–Trinajstić information content (AvgIpc) is 3.31. The third-order valence-electron chi connectivity index (χ3n) is 6.17. The Morgan fingerprint density at radius 2 is 1.96 bits per heavy atom.